The summed E-state index contributed by atoms with van der Waals surface area (Å²) in [5.41, 5.74) is 1.95. The van der Waals surface area contributed by atoms with Crippen LogP contribution in [0.25, 0.3) is 11.1 Å². The third-order valence-electron chi connectivity index (χ3n) is 2.38. The van der Waals surface area contributed by atoms with Crippen LogP contribution in [0.4, 0.5) is 0 Å². The van der Waals surface area contributed by atoms with Crippen molar-refractivity contribution in [1.29, 1.82) is 0 Å². The number of hydrogen-bond donors (Lipinski definition) is 0. The van der Waals surface area contributed by atoms with E-state index in [1.165, 1.54) is 0 Å². The van der Waals surface area contributed by atoms with Gasteiger partial charge in [-0.1, -0.05) is 23.7 Å². The van der Waals surface area contributed by atoms with Crippen molar-refractivity contribution in [3.8, 4) is 22.8 Å². The van der Waals surface area contributed by atoms with E-state index in [4.69, 9.17) is 21.1 Å². The predicted octanol–water partition coefficient (Wildman–Crippen LogP) is 3.42. The minimum Gasteiger partial charge on any atom is -0.497 e. The Hall–Kier alpha value is -1.74. The van der Waals surface area contributed by atoms with Gasteiger partial charge in [-0.05, 0) is 29.3 Å². The Morgan fingerprint density at radius 2 is 1.82 bits per heavy atom. The van der Waals surface area contributed by atoms with E-state index < -0.39 is 0 Å². The van der Waals surface area contributed by atoms with Crippen molar-refractivity contribution >= 4 is 11.6 Å². The first-order valence-electron chi connectivity index (χ1n) is 5.09. The molecule has 0 aliphatic rings. The van der Waals surface area contributed by atoms with Crippen molar-refractivity contribution in [2.75, 3.05) is 14.2 Å². The monoisotopic (exact) mass is 249 g/mol. The maximum absolute atomic E-state index is 5.93. The first-order valence-corrected chi connectivity index (χ1v) is 5.46. The fourth-order valence-electron chi connectivity index (χ4n) is 1.55. The molecule has 0 N–H and O–H groups in total. The van der Waals surface area contributed by atoms with Crippen LogP contribution in [-0.2, 0) is 0 Å². The molecule has 1 aromatic heterocycles. The molecule has 88 valence electrons. The summed E-state index contributed by atoms with van der Waals surface area (Å²) in [4.78, 5) is 4.03. The van der Waals surface area contributed by atoms with Crippen molar-refractivity contribution in [2.45, 2.75) is 0 Å². The van der Waals surface area contributed by atoms with E-state index >= 15 is 0 Å². The normalized spacial score (nSPS) is 10.1. The average molecular weight is 250 g/mol. The summed E-state index contributed by atoms with van der Waals surface area (Å²) in [7, 11) is 3.20. The highest BCUT2D eigenvalue weighted by molar-refractivity contribution is 6.29. The third kappa shape index (κ3) is 2.68. The van der Waals surface area contributed by atoms with Crippen molar-refractivity contribution in [2.24, 2.45) is 0 Å². The molecule has 0 aliphatic heterocycles. The van der Waals surface area contributed by atoms with E-state index in [1.807, 2.05) is 30.3 Å². The lowest BCUT2D eigenvalue weighted by atomic mass is 10.1. The summed E-state index contributed by atoms with van der Waals surface area (Å²) in [6, 6.07) is 11.4. The minimum absolute atomic E-state index is 0.405. The molecular formula is C13H12ClNO2. The number of rotatable bonds is 3. The number of pyridine rings is 1. The van der Waals surface area contributed by atoms with Gasteiger partial charge in [-0.2, -0.15) is 0 Å². The van der Waals surface area contributed by atoms with Crippen molar-refractivity contribution in [3.05, 3.63) is 41.6 Å². The standard InChI is InChI=1S/C13H12ClNO2/c1-16-11-5-3-4-9(6-11)10-7-12(14)15-13(8-10)17-2/h3-8H,1-2H3. The largest absolute Gasteiger partial charge is 0.497 e. The number of aromatic nitrogens is 1. The molecule has 0 saturated heterocycles. The molecule has 0 aliphatic carbocycles. The molecule has 2 aromatic rings. The Morgan fingerprint density at radius 1 is 1.00 bits per heavy atom. The lowest BCUT2D eigenvalue weighted by Gasteiger charge is -2.07. The molecule has 1 aromatic carbocycles. The SMILES string of the molecule is COc1cccc(-c2cc(Cl)nc(OC)c2)c1. The van der Waals surface area contributed by atoms with Gasteiger partial charge < -0.3 is 9.47 Å². The van der Waals surface area contributed by atoms with E-state index in [0.717, 1.165) is 16.9 Å². The maximum Gasteiger partial charge on any atom is 0.214 e. The second kappa shape index (κ2) is 5.06. The van der Waals surface area contributed by atoms with Gasteiger partial charge in [0.1, 0.15) is 10.9 Å². The van der Waals surface area contributed by atoms with Gasteiger partial charge in [0.05, 0.1) is 14.2 Å². The Kier molecular flexibility index (Phi) is 3.49. The van der Waals surface area contributed by atoms with E-state index in [0.29, 0.717) is 11.0 Å². The van der Waals surface area contributed by atoms with Crippen LogP contribution in [-0.4, -0.2) is 19.2 Å². The maximum atomic E-state index is 5.93. The predicted molar refractivity (Wildman–Crippen MR) is 67.8 cm³/mol. The quantitative estimate of drug-likeness (QED) is 0.781. The van der Waals surface area contributed by atoms with E-state index in [-0.39, 0.29) is 0 Å². The number of ether oxygens (including phenoxy) is 2. The summed E-state index contributed by atoms with van der Waals surface area (Å²) in [6.07, 6.45) is 0. The highest BCUT2D eigenvalue weighted by Crippen LogP contribution is 2.28. The second-order valence-electron chi connectivity index (χ2n) is 3.45. The zero-order chi connectivity index (χ0) is 12.3. The molecule has 0 fully saturated rings. The van der Waals surface area contributed by atoms with Crippen LogP contribution in [0.1, 0.15) is 0 Å². The molecule has 0 bridgehead atoms. The van der Waals surface area contributed by atoms with Gasteiger partial charge in [0.2, 0.25) is 5.88 Å². The zero-order valence-corrected chi connectivity index (χ0v) is 10.4. The van der Waals surface area contributed by atoms with Crippen molar-refractivity contribution in [3.63, 3.8) is 0 Å². The minimum atomic E-state index is 0.405. The van der Waals surface area contributed by atoms with Gasteiger partial charge in [0.25, 0.3) is 0 Å². The van der Waals surface area contributed by atoms with E-state index in [9.17, 15) is 0 Å². The number of methoxy groups -OCH3 is 2. The lowest BCUT2D eigenvalue weighted by molar-refractivity contribution is 0.398. The van der Waals surface area contributed by atoms with E-state index in [1.54, 1.807) is 20.3 Å². The molecular weight excluding hydrogens is 238 g/mol. The van der Waals surface area contributed by atoms with Gasteiger partial charge in [0, 0.05) is 6.07 Å². The van der Waals surface area contributed by atoms with Crippen LogP contribution in [0, 0.1) is 0 Å². The number of halogens is 1. The summed E-state index contributed by atoms with van der Waals surface area (Å²) in [5, 5.41) is 0.405. The van der Waals surface area contributed by atoms with Gasteiger partial charge in [0.15, 0.2) is 0 Å². The van der Waals surface area contributed by atoms with Crippen LogP contribution < -0.4 is 9.47 Å². The fraction of sp³-hybridized carbons (Fsp3) is 0.154. The topological polar surface area (TPSA) is 31.4 Å². The third-order valence-corrected chi connectivity index (χ3v) is 2.58. The van der Waals surface area contributed by atoms with Crippen LogP contribution >= 0.6 is 11.6 Å². The van der Waals surface area contributed by atoms with Crippen molar-refractivity contribution in [1.82, 2.24) is 4.98 Å². The summed E-state index contributed by atoms with van der Waals surface area (Å²) < 4.78 is 10.3. The smallest absolute Gasteiger partial charge is 0.214 e. The first-order chi connectivity index (χ1) is 8.22. The van der Waals surface area contributed by atoms with Gasteiger partial charge in [-0.25, -0.2) is 4.98 Å². The number of hydrogen-bond acceptors (Lipinski definition) is 3. The first kappa shape index (κ1) is 11.7. The highest BCUT2D eigenvalue weighted by atomic mass is 35.5. The lowest BCUT2D eigenvalue weighted by Crippen LogP contribution is -1.89. The molecule has 3 nitrogen and oxygen atoms in total. The van der Waals surface area contributed by atoms with Crippen LogP contribution in [0.15, 0.2) is 36.4 Å². The van der Waals surface area contributed by atoms with Gasteiger partial charge in [-0.15, -0.1) is 0 Å². The second-order valence-corrected chi connectivity index (χ2v) is 3.84. The van der Waals surface area contributed by atoms with Gasteiger partial charge in [-0.3, -0.25) is 0 Å². The summed E-state index contributed by atoms with van der Waals surface area (Å²) >= 11 is 5.93. The molecule has 0 unspecified atom stereocenters. The summed E-state index contributed by atoms with van der Waals surface area (Å²) in [5.74, 6) is 1.30. The Bertz CT molecular complexity index is 529. The summed E-state index contributed by atoms with van der Waals surface area (Å²) in [6.45, 7) is 0. The van der Waals surface area contributed by atoms with Crippen LogP contribution in [0.3, 0.4) is 0 Å². The molecule has 4 heteroatoms. The molecule has 0 saturated carbocycles. The Balaban J connectivity index is 2.47. The molecule has 0 spiro atoms. The van der Waals surface area contributed by atoms with E-state index in [2.05, 4.69) is 4.98 Å². The number of benzene rings is 1. The molecule has 0 radical (unpaired) electrons. The average Bonchev–Trinajstić information content (AvgIpc) is 2.38. The Labute approximate surface area is 105 Å². The fourth-order valence-corrected chi connectivity index (χ4v) is 1.75. The molecule has 0 amide bonds. The number of nitrogens with zero attached hydrogens (tertiary/aromatic N) is 1. The molecule has 1 heterocycles. The zero-order valence-electron chi connectivity index (χ0n) is 9.61. The highest BCUT2D eigenvalue weighted by Gasteiger charge is 2.04. The van der Waals surface area contributed by atoms with Crippen LogP contribution in [0.5, 0.6) is 11.6 Å². The molecule has 0 atom stereocenters. The Morgan fingerprint density at radius 3 is 2.53 bits per heavy atom. The van der Waals surface area contributed by atoms with Gasteiger partial charge >= 0.3 is 0 Å². The van der Waals surface area contributed by atoms with Crippen LogP contribution in [0.2, 0.25) is 5.15 Å². The molecule has 2 rings (SSSR count). The molecule has 17 heavy (non-hydrogen) atoms. The van der Waals surface area contributed by atoms with Crippen molar-refractivity contribution < 1.29 is 9.47 Å².